The van der Waals surface area contributed by atoms with Gasteiger partial charge in [0.2, 0.25) is 0 Å². The number of aromatic amines is 1. The molecule has 0 spiro atoms. The van der Waals surface area contributed by atoms with Gasteiger partial charge in [0.15, 0.2) is 0 Å². The summed E-state index contributed by atoms with van der Waals surface area (Å²) in [5.74, 6) is 0.871. The Morgan fingerprint density at radius 2 is 2.04 bits per heavy atom. The SMILES string of the molecule is C[C@H](SCCCn1c(=O)[nH]c2ccccc21)c1cccc([N+](=O)[O-])c1. The highest BCUT2D eigenvalue weighted by atomic mass is 32.2. The molecule has 1 heterocycles. The van der Waals surface area contributed by atoms with Crippen LogP contribution in [0.4, 0.5) is 5.69 Å². The maximum absolute atomic E-state index is 12.0. The average Bonchev–Trinajstić information content (AvgIpc) is 2.94. The third-order valence-corrected chi connectivity index (χ3v) is 5.42. The first-order chi connectivity index (χ1) is 12.1. The van der Waals surface area contributed by atoms with Gasteiger partial charge >= 0.3 is 5.69 Å². The predicted octanol–water partition coefficient (Wildman–Crippen LogP) is 4.12. The van der Waals surface area contributed by atoms with E-state index < -0.39 is 0 Å². The van der Waals surface area contributed by atoms with Gasteiger partial charge in [0.05, 0.1) is 16.0 Å². The van der Waals surface area contributed by atoms with Crippen LogP contribution in [0.15, 0.2) is 53.3 Å². The van der Waals surface area contributed by atoms with Gasteiger partial charge in [-0.05, 0) is 36.8 Å². The largest absolute Gasteiger partial charge is 0.326 e. The molecule has 7 heteroatoms. The van der Waals surface area contributed by atoms with E-state index in [-0.39, 0.29) is 21.6 Å². The number of rotatable bonds is 7. The molecular formula is C18H19N3O3S. The molecule has 25 heavy (non-hydrogen) atoms. The minimum atomic E-state index is -0.371. The van der Waals surface area contributed by atoms with Crippen molar-refractivity contribution >= 4 is 28.5 Å². The number of aryl methyl sites for hydroxylation is 1. The Balaban J connectivity index is 1.58. The zero-order chi connectivity index (χ0) is 17.8. The van der Waals surface area contributed by atoms with E-state index in [4.69, 9.17) is 0 Å². The quantitative estimate of drug-likeness (QED) is 0.392. The molecule has 0 fully saturated rings. The average molecular weight is 357 g/mol. The second-order valence-corrected chi connectivity index (χ2v) is 7.27. The van der Waals surface area contributed by atoms with Gasteiger partial charge < -0.3 is 4.98 Å². The number of non-ortho nitro benzene ring substituents is 1. The van der Waals surface area contributed by atoms with Gasteiger partial charge in [0, 0.05) is 23.9 Å². The lowest BCUT2D eigenvalue weighted by Crippen LogP contribution is -2.17. The molecule has 3 aromatic rings. The van der Waals surface area contributed by atoms with E-state index in [1.807, 2.05) is 37.3 Å². The van der Waals surface area contributed by atoms with Crippen molar-refractivity contribution in [3.05, 3.63) is 74.7 Å². The van der Waals surface area contributed by atoms with Crippen LogP contribution >= 0.6 is 11.8 Å². The maximum atomic E-state index is 12.0. The Morgan fingerprint density at radius 1 is 1.24 bits per heavy atom. The van der Waals surface area contributed by atoms with E-state index in [1.165, 1.54) is 6.07 Å². The Morgan fingerprint density at radius 3 is 2.84 bits per heavy atom. The second-order valence-electron chi connectivity index (χ2n) is 5.82. The highest BCUT2D eigenvalue weighted by Gasteiger charge is 2.11. The topological polar surface area (TPSA) is 80.9 Å². The second kappa shape index (κ2) is 7.57. The Bertz CT molecular complexity index is 948. The molecule has 0 aliphatic heterocycles. The molecule has 0 aliphatic rings. The van der Waals surface area contributed by atoms with Gasteiger partial charge in [-0.15, -0.1) is 0 Å². The molecule has 0 bridgehead atoms. The van der Waals surface area contributed by atoms with Crippen LogP contribution in [0.5, 0.6) is 0 Å². The van der Waals surface area contributed by atoms with E-state index in [0.717, 1.165) is 28.8 Å². The summed E-state index contributed by atoms with van der Waals surface area (Å²) < 4.78 is 1.76. The number of nitro benzene ring substituents is 1. The number of nitrogens with zero attached hydrogens (tertiary/aromatic N) is 2. The van der Waals surface area contributed by atoms with Crippen LogP contribution in [-0.4, -0.2) is 20.2 Å². The molecule has 1 N–H and O–H groups in total. The van der Waals surface area contributed by atoms with E-state index in [0.29, 0.717) is 6.54 Å². The number of thioether (sulfide) groups is 1. The molecule has 0 saturated heterocycles. The van der Waals surface area contributed by atoms with Crippen LogP contribution in [0.2, 0.25) is 0 Å². The van der Waals surface area contributed by atoms with Crippen molar-refractivity contribution in [1.82, 2.24) is 9.55 Å². The third-order valence-electron chi connectivity index (χ3n) is 4.13. The molecule has 130 valence electrons. The summed E-state index contributed by atoms with van der Waals surface area (Å²) in [7, 11) is 0. The summed E-state index contributed by atoms with van der Waals surface area (Å²) in [6.45, 7) is 2.69. The summed E-state index contributed by atoms with van der Waals surface area (Å²) in [6.07, 6.45) is 0.853. The van der Waals surface area contributed by atoms with Crippen molar-refractivity contribution in [1.29, 1.82) is 0 Å². The lowest BCUT2D eigenvalue weighted by Gasteiger charge is -2.11. The van der Waals surface area contributed by atoms with Gasteiger partial charge in [-0.1, -0.05) is 24.3 Å². The van der Waals surface area contributed by atoms with Crippen molar-refractivity contribution in [3.8, 4) is 0 Å². The van der Waals surface area contributed by atoms with Crippen LogP contribution < -0.4 is 5.69 Å². The fourth-order valence-corrected chi connectivity index (χ4v) is 3.79. The zero-order valence-corrected chi connectivity index (χ0v) is 14.7. The molecule has 0 aliphatic carbocycles. The maximum Gasteiger partial charge on any atom is 0.326 e. The van der Waals surface area contributed by atoms with E-state index in [1.54, 1.807) is 28.5 Å². The van der Waals surface area contributed by atoms with Crippen LogP contribution in [0.3, 0.4) is 0 Å². The molecule has 3 rings (SSSR count). The fourth-order valence-electron chi connectivity index (χ4n) is 2.80. The summed E-state index contributed by atoms with van der Waals surface area (Å²) in [5.41, 5.74) is 2.76. The van der Waals surface area contributed by atoms with Crippen molar-refractivity contribution in [2.75, 3.05) is 5.75 Å². The third kappa shape index (κ3) is 3.93. The Kier molecular flexibility index (Phi) is 5.23. The molecule has 0 amide bonds. The summed E-state index contributed by atoms with van der Waals surface area (Å²) in [4.78, 5) is 25.4. The van der Waals surface area contributed by atoms with Crippen molar-refractivity contribution < 1.29 is 4.92 Å². The summed E-state index contributed by atoms with van der Waals surface area (Å²) in [6, 6.07) is 14.4. The smallest absolute Gasteiger partial charge is 0.306 e. The van der Waals surface area contributed by atoms with Gasteiger partial charge in [0.25, 0.3) is 5.69 Å². The molecule has 0 radical (unpaired) electrons. The summed E-state index contributed by atoms with van der Waals surface area (Å²) in [5, 5.41) is 11.0. The molecule has 0 saturated carbocycles. The number of para-hydroxylation sites is 2. The standard InChI is InChI=1S/C18H19N3O3S/c1-13(14-6-4-7-15(12-14)21(23)24)25-11-5-10-20-17-9-3-2-8-16(17)19-18(20)22/h2-4,6-9,12-13H,5,10-11H2,1H3,(H,19,22)/t13-/m0/s1. The van der Waals surface area contributed by atoms with E-state index in [2.05, 4.69) is 4.98 Å². The van der Waals surface area contributed by atoms with Crippen molar-refractivity contribution in [2.45, 2.75) is 25.1 Å². The zero-order valence-electron chi connectivity index (χ0n) is 13.8. The first kappa shape index (κ1) is 17.3. The molecule has 6 nitrogen and oxygen atoms in total. The van der Waals surface area contributed by atoms with Crippen LogP contribution in [0.1, 0.15) is 24.2 Å². The lowest BCUT2D eigenvalue weighted by atomic mass is 10.1. The van der Waals surface area contributed by atoms with E-state index in [9.17, 15) is 14.9 Å². The van der Waals surface area contributed by atoms with Gasteiger partial charge in [-0.2, -0.15) is 11.8 Å². The lowest BCUT2D eigenvalue weighted by molar-refractivity contribution is -0.384. The number of aromatic nitrogens is 2. The van der Waals surface area contributed by atoms with Crippen LogP contribution in [0.25, 0.3) is 11.0 Å². The van der Waals surface area contributed by atoms with Crippen LogP contribution in [0, 0.1) is 10.1 Å². The Hall–Kier alpha value is -2.54. The highest BCUT2D eigenvalue weighted by Crippen LogP contribution is 2.30. The number of benzene rings is 2. The fraction of sp³-hybridized carbons (Fsp3) is 0.278. The number of nitro groups is 1. The highest BCUT2D eigenvalue weighted by molar-refractivity contribution is 7.99. The minimum Gasteiger partial charge on any atom is -0.306 e. The van der Waals surface area contributed by atoms with Crippen molar-refractivity contribution in [3.63, 3.8) is 0 Å². The number of nitrogens with one attached hydrogen (secondary N) is 1. The molecule has 1 aromatic heterocycles. The van der Waals surface area contributed by atoms with Gasteiger partial charge in [-0.25, -0.2) is 4.79 Å². The summed E-state index contributed by atoms with van der Waals surface area (Å²) >= 11 is 1.73. The normalized spacial score (nSPS) is 12.4. The number of imidazole rings is 1. The van der Waals surface area contributed by atoms with E-state index >= 15 is 0 Å². The monoisotopic (exact) mass is 357 g/mol. The molecule has 2 aromatic carbocycles. The molecule has 1 atom stereocenters. The predicted molar refractivity (Wildman–Crippen MR) is 101 cm³/mol. The Labute approximate surface area is 149 Å². The molecular weight excluding hydrogens is 338 g/mol. The number of fused-ring (bicyclic) bond motifs is 1. The number of H-pyrrole nitrogens is 1. The number of hydrogen-bond acceptors (Lipinski definition) is 4. The van der Waals surface area contributed by atoms with Crippen LogP contribution in [-0.2, 0) is 6.54 Å². The first-order valence-corrected chi connectivity index (χ1v) is 9.14. The number of hydrogen-bond donors (Lipinski definition) is 1. The van der Waals surface area contributed by atoms with Crippen molar-refractivity contribution in [2.24, 2.45) is 0 Å². The molecule has 0 unspecified atom stereocenters. The van der Waals surface area contributed by atoms with Gasteiger partial charge in [-0.3, -0.25) is 14.7 Å². The minimum absolute atomic E-state index is 0.0852. The first-order valence-electron chi connectivity index (χ1n) is 8.10. The van der Waals surface area contributed by atoms with Gasteiger partial charge in [0.1, 0.15) is 0 Å².